The number of sulfonamides is 1. The van der Waals surface area contributed by atoms with Gasteiger partial charge >= 0.3 is 0 Å². The third kappa shape index (κ3) is 7.90. The zero-order chi connectivity index (χ0) is 23.7. The summed E-state index contributed by atoms with van der Waals surface area (Å²) in [5.74, 6) is -0.958. The molecular formula is C22H28ClN3O5S. The molecule has 0 aliphatic heterocycles. The highest BCUT2D eigenvalue weighted by Crippen LogP contribution is 2.17. The van der Waals surface area contributed by atoms with E-state index in [1.807, 2.05) is 30.3 Å². The second kappa shape index (κ2) is 12.0. The van der Waals surface area contributed by atoms with Crippen molar-refractivity contribution in [2.75, 3.05) is 33.0 Å². The van der Waals surface area contributed by atoms with Crippen molar-refractivity contribution in [2.45, 2.75) is 19.0 Å². The van der Waals surface area contributed by atoms with Crippen molar-refractivity contribution in [1.29, 1.82) is 0 Å². The molecule has 2 N–H and O–H groups in total. The van der Waals surface area contributed by atoms with E-state index in [2.05, 4.69) is 5.32 Å². The molecule has 2 rings (SSSR count). The molecule has 8 nitrogen and oxygen atoms in total. The predicted molar refractivity (Wildman–Crippen MR) is 124 cm³/mol. The molecule has 2 amide bonds. The highest BCUT2D eigenvalue weighted by Gasteiger charge is 2.31. The summed E-state index contributed by atoms with van der Waals surface area (Å²) in [4.78, 5) is 27.6. The third-order valence-electron chi connectivity index (χ3n) is 4.87. The number of halogens is 1. The van der Waals surface area contributed by atoms with E-state index in [9.17, 15) is 18.0 Å². The molecule has 0 radical (unpaired) electrons. The lowest BCUT2D eigenvalue weighted by molar-refractivity contribution is -0.141. The molecule has 0 saturated carbocycles. The van der Waals surface area contributed by atoms with E-state index >= 15 is 0 Å². The Hall–Kier alpha value is -2.46. The number of rotatable bonds is 11. The predicted octanol–water partition coefficient (Wildman–Crippen LogP) is 1.28. The fourth-order valence-corrected chi connectivity index (χ4v) is 3.51. The Labute approximate surface area is 193 Å². The van der Waals surface area contributed by atoms with Gasteiger partial charge in [-0.2, -0.15) is 4.31 Å². The highest BCUT2D eigenvalue weighted by atomic mass is 35.5. The van der Waals surface area contributed by atoms with Crippen LogP contribution in [0.5, 0.6) is 0 Å². The molecule has 174 valence electrons. The Balaban J connectivity index is 2.41. The monoisotopic (exact) mass is 481 g/mol. The summed E-state index contributed by atoms with van der Waals surface area (Å²) in [6.07, 6.45) is 1.24. The van der Waals surface area contributed by atoms with E-state index < -0.39 is 34.4 Å². The number of likely N-dealkylation sites (N-methyl/N-ethyl adjacent to an activating group) is 1. The lowest BCUT2D eigenvalue weighted by Gasteiger charge is -2.32. The average Bonchev–Trinajstić information content (AvgIpc) is 2.75. The first-order valence-corrected chi connectivity index (χ1v) is 12.2. The number of hydrogen-bond donors (Lipinski definition) is 2. The maximum Gasteiger partial charge on any atom is 0.243 e. The SMILES string of the molecule is CN(CC(=O)N(Cc1ccc(Cl)cc1)[C@H](Cc1ccccc1)C(=O)NCCO)S(C)(=O)=O. The smallest absolute Gasteiger partial charge is 0.243 e. The minimum atomic E-state index is -3.59. The number of hydrogen-bond acceptors (Lipinski definition) is 5. The molecule has 0 bridgehead atoms. The van der Waals surface area contributed by atoms with Gasteiger partial charge in [0.15, 0.2) is 0 Å². The Morgan fingerprint density at radius 2 is 1.69 bits per heavy atom. The molecule has 0 fully saturated rings. The number of nitrogens with zero attached hydrogens (tertiary/aromatic N) is 2. The summed E-state index contributed by atoms with van der Waals surface area (Å²) in [5, 5.41) is 12.3. The maximum atomic E-state index is 13.2. The summed E-state index contributed by atoms with van der Waals surface area (Å²) < 4.78 is 24.6. The first-order chi connectivity index (χ1) is 15.1. The van der Waals surface area contributed by atoms with Gasteiger partial charge in [0.05, 0.1) is 19.4 Å². The van der Waals surface area contributed by atoms with Crippen molar-refractivity contribution in [2.24, 2.45) is 0 Å². The van der Waals surface area contributed by atoms with Gasteiger partial charge in [0.1, 0.15) is 6.04 Å². The zero-order valence-electron chi connectivity index (χ0n) is 18.1. The number of carbonyl (C=O) groups is 2. The van der Waals surface area contributed by atoms with E-state index in [-0.39, 0.29) is 26.1 Å². The van der Waals surface area contributed by atoms with Gasteiger partial charge in [-0.1, -0.05) is 54.1 Å². The second-order valence-corrected chi connectivity index (χ2v) is 9.91. The number of amides is 2. The van der Waals surface area contributed by atoms with Gasteiger partial charge in [-0.15, -0.1) is 0 Å². The quantitative estimate of drug-likeness (QED) is 0.502. The van der Waals surface area contributed by atoms with Crippen LogP contribution in [0.3, 0.4) is 0 Å². The van der Waals surface area contributed by atoms with Crippen LogP contribution < -0.4 is 5.32 Å². The minimum Gasteiger partial charge on any atom is -0.395 e. The van der Waals surface area contributed by atoms with Crippen LogP contribution in [0.1, 0.15) is 11.1 Å². The van der Waals surface area contributed by atoms with Crippen molar-refractivity contribution in [3.05, 3.63) is 70.7 Å². The Morgan fingerprint density at radius 3 is 2.25 bits per heavy atom. The topological polar surface area (TPSA) is 107 Å². The van der Waals surface area contributed by atoms with Crippen molar-refractivity contribution in [3.63, 3.8) is 0 Å². The third-order valence-corrected chi connectivity index (χ3v) is 6.39. The lowest BCUT2D eigenvalue weighted by Crippen LogP contribution is -2.53. The molecular weight excluding hydrogens is 454 g/mol. The van der Waals surface area contributed by atoms with E-state index in [0.717, 1.165) is 21.7 Å². The van der Waals surface area contributed by atoms with Gasteiger partial charge in [0.25, 0.3) is 0 Å². The highest BCUT2D eigenvalue weighted by molar-refractivity contribution is 7.88. The van der Waals surface area contributed by atoms with E-state index in [4.69, 9.17) is 16.7 Å². The van der Waals surface area contributed by atoms with Crippen molar-refractivity contribution in [3.8, 4) is 0 Å². The molecule has 0 heterocycles. The summed E-state index contributed by atoms with van der Waals surface area (Å²) in [7, 11) is -2.28. The molecule has 0 aliphatic rings. The Bertz CT molecular complexity index is 1000. The number of aliphatic hydroxyl groups is 1. The second-order valence-electron chi connectivity index (χ2n) is 7.39. The Kier molecular flexibility index (Phi) is 9.64. The standard InChI is InChI=1S/C22H28ClN3O5S/c1-25(32(2,30)31)16-21(28)26(15-18-8-10-19(23)11-9-18)20(22(29)24-12-13-27)14-17-6-4-3-5-7-17/h3-11,20,27H,12-16H2,1-2H3,(H,24,29)/t20-/m1/s1. The molecule has 10 heteroatoms. The van der Waals surface area contributed by atoms with E-state index in [1.165, 1.54) is 11.9 Å². The largest absolute Gasteiger partial charge is 0.395 e. The summed E-state index contributed by atoms with van der Waals surface area (Å²) in [6.45, 7) is -0.537. The first kappa shape index (κ1) is 25.8. The van der Waals surface area contributed by atoms with E-state index in [0.29, 0.717) is 5.02 Å². The fraction of sp³-hybridized carbons (Fsp3) is 0.364. The van der Waals surface area contributed by atoms with Crippen LogP contribution in [0, 0.1) is 0 Å². The van der Waals surface area contributed by atoms with Crippen molar-refractivity contribution in [1.82, 2.24) is 14.5 Å². The number of aliphatic hydroxyl groups excluding tert-OH is 1. The molecule has 1 atom stereocenters. The van der Waals surface area contributed by atoms with Gasteiger partial charge in [0.2, 0.25) is 21.8 Å². The van der Waals surface area contributed by atoms with Crippen LogP contribution in [0.25, 0.3) is 0 Å². The van der Waals surface area contributed by atoms with Crippen molar-refractivity contribution >= 4 is 33.4 Å². The van der Waals surface area contributed by atoms with Gasteiger partial charge in [-0.25, -0.2) is 8.42 Å². The first-order valence-electron chi connectivity index (χ1n) is 9.99. The summed E-state index contributed by atoms with van der Waals surface area (Å²) in [6, 6.07) is 15.1. The van der Waals surface area contributed by atoms with Gasteiger partial charge < -0.3 is 15.3 Å². The molecule has 0 saturated heterocycles. The van der Waals surface area contributed by atoms with Crippen LogP contribution in [-0.4, -0.2) is 73.6 Å². The number of nitrogens with one attached hydrogen (secondary N) is 1. The van der Waals surface area contributed by atoms with Crippen LogP contribution in [0.15, 0.2) is 54.6 Å². The van der Waals surface area contributed by atoms with Crippen LogP contribution >= 0.6 is 11.6 Å². The van der Waals surface area contributed by atoms with Gasteiger partial charge in [0, 0.05) is 31.6 Å². The normalized spacial score (nSPS) is 12.4. The number of benzene rings is 2. The fourth-order valence-electron chi connectivity index (χ4n) is 3.04. The molecule has 2 aromatic rings. The minimum absolute atomic E-state index is 0.0380. The summed E-state index contributed by atoms with van der Waals surface area (Å²) in [5.41, 5.74) is 1.57. The van der Waals surface area contributed by atoms with Gasteiger partial charge in [-0.05, 0) is 23.3 Å². The lowest BCUT2D eigenvalue weighted by atomic mass is 10.0. The van der Waals surface area contributed by atoms with Crippen LogP contribution in [-0.2, 0) is 32.6 Å². The van der Waals surface area contributed by atoms with Crippen LogP contribution in [0.4, 0.5) is 0 Å². The van der Waals surface area contributed by atoms with Crippen LogP contribution in [0.2, 0.25) is 5.02 Å². The zero-order valence-corrected chi connectivity index (χ0v) is 19.6. The molecule has 0 aliphatic carbocycles. The summed E-state index contributed by atoms with van der Waals surface area (Å²) >= 11 is 5.97. The average molecular weight is 482 g/mol. The molecule has 0 aromatic heterocycles. The Morgan fingerprint density at radius 1 is 1.06 bits per heavy atom. The molecule has 32 heavy (non-hydrogen) atoms. The maximum absolute atomic E-state index is 13.2. The molecule has 0 unspecified atom stereocenters. The van der Waals surface area contributed by atoms with Gasteiger partial charge in [-0.3, -0.25) is 9.59 Å². The number of carbonyl (C=O) groups excluding carboxylic acids is 2. The molecule has 2 aromatic carbocycles. The molecule has 0 spiro atoms. The van der Waals surface area contributed by atoms with Crippen molar-refractivity contribution < 1.29 is 23.1 Å². The van der Waals surface area contributed by atoms with E-state index in [1.54, 1.807) is 24.3 Å².